The molecule has 1 atom stereocenters. The Bertz CT molecular complexity index is 913. The molecule has 0 fully saturated rings. The van der Waals surface area contributed by atoms with Gasteiger partial charge >= 0.3 is 5.97 Å². The molecule has 144 valence electrons. The molecule has 0 saturated carbocycles. The van der Waals surface area contributed by atoms with E-state index in [0.717, 1.165) is 16.1 Å². The van der Waals surface area contributed by atoms with Crippen LogP contribution < -0.4 is 5.32 Å². The average Bonchev–Trinajstić information content (AvgIpc) is 3.20. The number of amides is 1. The standard InChI is InChI=1S/C21H21N3O3S/c1-15(16-6-3-2-4-7-16)11-23-19(25)13-27-20(26)10-18-14-28-21(24-18)17-8-5-9-22-12-17/h2-9,12,14-15H,10-11,13H2,1H3,(H,23,25)/t15-/m1/s1. The first-order valence-electron chi connectivity index (χ1n) is 8.94. The van der Waals surface area contributed by atoms with Crippen LogP contribution in [0.4, 0.5) is 0 Å². The summed E-state index contributed by atoms with van der Waals surface area (Å²) in [6.45, 7) is 2.23. The summed E-state index contributed by atoms with van der Waals surface area (Å²) in [6.07, 6.45) is 3.45. The first kappa shape index (κ1) is 19.7. The number of thiazole rings is 1. The SMILES string of the molecule is C[C@H](CNC(=O)COC(=O)Cc1csc(-c2cccnc2)n1)c1ccccc1. The fraction of sp³-hybridized carbons (Fsp3) is 0.238. The third-order valence-electron chi connectivity index (χ3n) is 4.12. The van der Waals surface area contributed by atoms with Gasteiger partial charge in [-0.3, -0.25) is 14.6 Å². The minimum absolute atomic E-state index is 0.0322. The average molecular weight is 395 g/mol. The van der Waals surface area contributed by atoms with Crippen molar-refractivity contribution in [2.75, 3.05) is 13.2 Å². The van der Waals surface area contributed by atoms with E-state index < -0.39 is 5.97 Å². The van der Waals surface area contributed by atoms with Crippen molar-refractivity contribution in [2.24, 2.45) is 0 Å². The number of carbonyl (C=O) groups is 2. The highest BCUT2D eigenvalue weighted by Gasteiger charge is 2.13. The Kier molecular flexibility index (Phi) is 6.86. The molecule has 2 aromatic heterocycles. The van der Waals surface area contributed by atoms with Gasteiger partial charge < -0.3 is 10.1 Å². The van der Waals surface area contributed by atoms with Gasteiger partial charge in [-0.05, 0) is 23.6 Å². The maximum Gasteiger partial charge on any atom is 0.312 e. The summed E-state index contributed by atoms with van der Waals surface area (Å²) in [5.41, 5.74) is 2.67. The minimum atomic E-state index is -0.478. The van der Waals surface area contributed by atoms with E-state index in [1.165, 1.54) is 11.3 Å². The lowest BCUT2D eigenvalue weighted by molar-refractivity contribution is -0.147. The van der Waals surface area contributed by atoms with Gasteiger partial charge in [0.25, 0.3) is 5.91 Å². The first-order chi connectivity index (χ1) is 13.6. The first-order valence-corrected chi connectivity index (χ1v) is 9.82. The molecule has 1 N–H and O–H groups in total. The Hall–Kier alpha value is -3.06. The van der Waals surface area contributed by atoms with E-state index >= 15 is 0 Å². The molecule has 0 spiro atoms. The van der Waals surface area contributed by atoms with Crippen LogP contribution in [0.3, 0.4) is 0 Å². The van der Waals surface area contributed by atoms with Gasteiger partial charge in [-0.1, -0.05) is 37.3 Å². The summed E-state index contributed by atoms with van der Waals surface area (Å²) in [7, 11) is 0. The number of nitrogens with zero attached hydrogens (tertiary/aromatic N) is 2. The van der Waals surface area contributed by atoms with Crippen LogP contribution in [0.2, 0.25) is 0 Å². The maximum absolute atomic E-state index is 12.0. The van der Waals surface area contributed by atoms with Gasteiger partial charge in [0.2, 0.25) is 0 Å². The minimum Gasteiger partial charge on any atom is -0.455 e. The number of hydrogen-bond acceptors (Lipinski definition) is 6. The summed E-state index contributed by atoms with van der Waals surface area (Å²) in [5, 5.41) is 5.39. The van der Waals surface area contributed by atoms with Gasteiger partial charge in [0, 0.05) is 29.9 Å². The van der Waals surface area contributed by atoms with E-state index in [1.807, 2.05) is 54.8 Å². The van der Waals surface area contributed by atoms with Crippen LogP contribution in [0, 0.1) is 0 Å². The fourth-order valence-corrected chi connectivity index (χ4v) is 3.38. The number of hydrogen-bond donors (Lipinski definition) is 1. The van der Waals surface area contributed by atoms with Crippen LogP contribution in [0.25, 0.3) is 10.6 Å². The summed E-state index contributed by atoms with van der Waals surface area (Å²) in [4.78, 5) is 32.4. The number of aromatic nitrogens is 2. The molecular weight excluding hydrogens is 374 g/mol. The Labute approximate surface area is 167 Å². The zero-order chi connectivity index (χ0) is 19.8. The number of rotatable bonds is 8. The maximum atomic E-state index is 12.0. The normalized spacial score (nSPS) is 11.6. The van der Waals surface area contributed by atoms with E-state index in [-0.39, 0.29) is 24.9 Å². The van der Waals surface area contributed by atoms with Crippen LogP contribution in [-0.4, -0.2) is 35.0 Å². The third kappa shape index (κ3) is 5.72. The van der Waals surface area contributed by atoms with E-state index in [1.54, 1.807) is 12.4 Å². The molecule has 0 aliphatic carbocycles. The number of ether oxygens (including phenoxy) is 1. The van der Waals surface area contributed by atoms with E-state index in [2.05, 4.69) is 15.3 Å². The smallest absolute Gasteiger partial charge is 0.312 e. The van der Waals surface area contributed by atoms with Crippen LogP contribution in [0.5, 0.6) is 0 Å². The molecule has 0 bridgehead atoms. The molecule has 1 aromatic carbocycles. The quantitative estimate of drug-likeness (QED) is 0.593. The van der Waals surface area contributed by atoms with Crippen molar-refractivity contribution >= 4 is 23.2 Å². The van der Waals surface area contributed by atoms with E-state index in [0.29, 0.717) is 12.2 Å². The predicted octanol–water partition coefficient (Wildman–Crippen LogP) is 3.21. The van der Waals surface area contributed by atoms with Gasteiger partial charge in [0.05, 0.1) is 12.1 Å². The van der Waals surface area contributed by atoms with Crippen molar-refractivity contribution < 1.29 is 14.3 Å². The van der Waals surface area contributed by atoms with Crippen molar-refractivity contribution in [1.29, 1.82) is 0 Å². The van der Waals surface area contributed by atoms with Crippen molar-refractivity contribution in [1.82, 2.24) is 15.3 Å². The Morgan fingerprint density at radius 1 is 1.18 bits per heavy atom. The summed E-state index contributed by atoms with van der Waals surface area (Å²) >= 11 is 1.44. The largest absolute Gasteiger partial charge is 0.455 e. The van der Waals surface area contributed by atoms with Crippen LogP contribution >= 0.6 is 11.3 Å². The monoisotopic (exact) mass is 395 g/mol. The van der Waals surface area contributed by atoms with Crippen molar-refractivity contribution in [2.45, 2.75) is 19.3 Å². The van der Waals surface area contributed by atoms with Crippen LogP contribution in [0.1, 0.15) is 24.1 Å². The Morgan fingerprint density at radius 3 is 2.75 bits per heavy atom. The van der Waals surface area contributed by atoms with Gasteiger partial charge in [0.1, 0.15) is 5.01 Å². The Balaban J connectivity index is 1.40. The lowest BCUT2D eigenvalue weighted by Gasteiger charge is -2.13. The number of benzene rings is 1. The Morgan fingerprint density at radius 2 is 2.00 bits per heavy atom. The second-order valence-corrected chi connectivity index (χ2v) is 7.20. The van der Waals surface area contributed by atoms with Gasteiger partial charge in [-0.2, -0.15) is 0 Å². The number of nitrogens with one attached hydrogen (secondary N) is 1. The molecule has 2 heterocycles. The second-order valence-electron chi connectivity index (χ2n) is 6.34. The molecular formula is C21H21N3O3S. The molecule has 0 aliphatic heterocycles. The zero-order valence-electron chi connectivity index (χ0n) is 15.5. The molecule has 0 radical (unpaired) electrons. The predicted molar refractivity (Wildman–Crippen MR) is 108 cm³/mol. The molecule has 3 aromatic rings. The summed E-state index contributed by atoms with van der Waals surface area (Å²) < 4.78 is 5.06. The molecule has 0 aliphatic rings. The van der Waals surface area contributed by atoms with Crippen molar-refractivity contribution in [3.8, 4) is 10.6 Å². The zero-order valence-corrected chi connectivity index (χ0v) is 16.3. The van der Waals surface area contributed by atoms with E-state index in [9.17, 15) is 9.59 Å². The fourth-order valence-electron chi connectivity index (χ4n) is 2.57. The van der Waals surface area contributed by atoms with Crippen molar-refractivity contribution in [3.05, 3.63) is 71.5 Å². The highest BCUT2D eigenvalue weighted by Crippen LogP contribution is 2.22. The van der Waals surface area contributed by atoms with Crippen molar-refractivity contribution in [3.63, 3.8) is 0 Å². The summed E-state index contributed by atoms with van der Waals surface area (Å²) in [5.74, 6) is -0.610. The van der Waals surface area contributed by atoms with Crippen LogP contribution in [-0.2, 0) is 20.7 Å². The highest BCUT2D eigenvalue weighted by molar-refractivity contribution is 7.13. The van der Waals surface area contributed by atoms with Gasteiger partial charge in [-0.25, -0.2) is 4.98 Å². The summed E-state index contributed by atoms with van der Waals surface area (Å²) in [6, 6.07) is 13.7. The third-order valence-corrected chi connectivity index (χ3v) is 5.06. The number of carbonyl (C=O) groups excluding carboxylic acids is 2. The topological polar surface area (TPSA) is 81.2 Å². The second kappa shape index (κ2) is 9.75. The lowest BCUT2D eigenvalue weighted by atomic mass is 10.0. The van der Waals surface area contributed by atoms with Gasteiger partial charge in [0.15, 0.2) is 6.61 Å². The molecule has 0 saturated heterocycles. The molecule has 7 heteroatoms. The molecule has 1 amide bonds. The lowest BCUT2D eigenvalue weighted by Crippen LogP contribution is -2.31. The molecule has 28 heavy (non-hydrogen) atoms. The van der Waals surface area contributed by atoms with Crippen LogP contribution in [0.15, 0.2) is 60.2 Å². The molecule has 3 rings (SSSR count). The molecule has 6 nitrogen and oxygen atoms in total. The molecule has 0 unspecified atom stereocenters. The van der Waals surface area contributed by atoms with Gasteiger partial charge in [-0.15, -0.1) is 11.3 Å². The van der Waals surface area contributed by atoms with E-state index in [4.69, 9.17) is 4.74 Å². The highest BCUT2D eigenvalue weighted by atomic mass is 32.1. The number of pyridine rings is 1. The number of esters is 1.